The van der Waals surface area contributed by atoms with Crippen LogP contribution in [0, 0.1) is 0 Å². The summed E-state index contributed by atoms with van der Waals surface area (Å²) in [7, 11) is 0. The molecule has 0 radical (unpaired) electrons. The zero-order valence-electron chi connectivity index (χ0n) is 9.96. The van der Waals surface area contributed by atoms with E-state index in [1.807, 2.05) is 12.1 Å². The molecule has 1 unspecified atom stereocenters. The molecule has 0 amide bonds. The highest BCUT2D eigenvalue weighted by Gasteiger charge is 2.17. The maximum atomic E-state index is 9.46. The molecule has 1 aromatic rings. The fourth-order valence-corrected chi connectivity index (χ4v) is 2.09. The minimum Gasteiger partial charge on any atom is -0.508 e. The summed E-state index contributed by atoms with van der Waals surface area (Å²) in [6.45, 7) is 6.19. The molecule has 16 heavy (non-hydrogen) atoms. The van der Waals surface area contributed by atoms with Gasteiger partial charge in [0.1, 0.15) is 5.75 Å². The first-order valence-corrected chi connectivity index (χ1v) is 5.92. The quantitative estimate of drug-likeness (QED) is 0.721. The van der Waals surface area contributed by atoms with Crippen LogP contribution in [-0.2, 0) is 13.0 Å². The van der Waals surface area contributed by atoms with E-state index in [9.17, 15) is 5.11 Å². The van der Waals surface area contributed by atoms with E-state index in [-0.39, 0.29) is 0 Å². The number of benzene rings is 1. The Morgan fingerprint density at radius 3 is 3.00 bits per heavy atom. The highest BCUT2D eigenvalue weighted by Crippen LogP contribution is 2.21. The van der Waals surface area contributed by atoms with Crippen molar-refractivity contribution in [3.63, 3.8) is 0 Å². The van der Waals surface area contributed by atoms with Crippen LogP contribution in [-0.4, -0.2) is 23.7 Å². The van der Waals surface area contributed by atoms with Crippen molar-refractivity contribution in [1.82, 2.24) is 10.6 Å². The first-order valence-electron chi connectivity index (χ1n) is 5.92. The van der Waals surface area contributed by atoms with Gasteiger partial charge in [-0.05, 0) is 29.7 Å². The summed E-state index contributed by atoms with van der Waals surface area (Å²) >= 11 is 0. The first-order chi connectivity index (χ1) is 7.65. The van der Waals surface area contributed by atoms with Crippen molar-refractivity contribution >= 4 is 0 Å². The van der Waals surface area contributed by atoms with Crippen molar-refractivity contribution in [3.05, 3.63) is 29.3 Å². The molecule has 88 valence electrons. The normalized spacial score (nSPS) is 19.8. The molecular formula is C13H20N2O. The summed E-state index contributed by atoms with van der Waals surface area (Å²) in [5, 5.41) is 16.4. The van der Waals surface area contributed by atoms with Crippen LogP contribution < -0.4 is 10.6 Å². The third-order valence-corrected chi connectivity index (χ3v) is 3.01. The van der Waals surface area contributed by atoms with E-state index < -0.39 is 0 Å². The molecule has 0 saturated carbocycles. The van der Waals surface area contributed by atoms with Gasteiger partial charge in [0.25, 0.3) is 0 Å². The van der Waals surface area contributed by atoms with Gasteiger partial charge in [-0.1, -0.05) is 19.9 Å². The molecule has 1 aromatic carbocycles. The third kappa shape index (κ3) is 2.74. The van der Waals surface area contributed by atoms with E-state index in [1.165, 1.54) is 11.1 Å². The van der Waals surface area contributed by atoms with Gasteiger partial charge in [0, 0.05) is 25.2 Å². The van der Waals surface area contributed by atoms with Gasteiger partial charge in [-0.3, -0.25) is 0 Å². The summed E-state index contributed by atoms with van der Waals surface area (Å²) in [5.41, 5.74) is 2.58. The smallest absolute Gasteiger partial charge is 0.115 e. The van der Waals surface area contributed by atoms with Crippen molar-refractivity contribution in [2.75, 3.05) is 6.54 Å². The van der Waals surface area contributed by atoms with Gasteiger partial charge >= 0.3 is 0 Å². The average Bonchev–Trinajstić information content (AvgIpc) is 2.25. The predicted molar refractivity (Wildman–Crippen MR) is 65.6 cm³/mol. The molecular weight excluding hydrogens is 200 g/mol. The number of nitrogens with one attached hydrogen (secondary N) is 2. The van der Waals surface area contributed by atoms with Crippen LogP contribution in [0.25, 0.3) is 0 Å². The molecule has 0 bridgehead atoms. The van der Waals surface area contributed by atoms with Crippen molar-refractivity contribution in [1.29, 1.82) is 0 Å². The molecule has 0 spiro atoms. The number of phenols is 1. The van der Waals surface area contributed by atoms with Crippen LogP contribution in [0.15, 0.2) is 18.2 Å². The van der Waals surface area contributed by atoms with Crippen LogP contribution in [0.5, 0.6) is 5.75 Å². The predicted octanol–water partition coefficient (Wildman–Crippen LogP) is 1.40. The lowest BCUT2D eigenvalue weighted by molar-refractivity contribution is 0.426. The van der Waals surface area contributed by atoms with Gasteiger partial charge in [-0.2, -0.15) is 0 Å². The summed E-state index contributed by atoms with van der Waals surface area (Å²) in [6.07, 6.45) is 0.990. The summed E-state index contributed by atoms with van der Waals surface area (Å²) in [4.78, 5) is 0. The highest BCUT2D eigenvalue weighted by molar-refractivity contribution is 5.36. The standard InChI is InChI=1S/C13H20N2O/c1-9(2)14-8-12-5-11-6-13(16)4-3-10(11)7-15-12/h3-4,6,9,12,14-16H,5,7-8H2,1-2H3. The van der Waals surface area contributed by atoms with Crippen LogP contribution in [0.2, 0.25) is 0 Å². The Bertz CT molecular complexity index is 363. The second-order valence-electron chi connectivity index (χ2n) is 4.80. The fraction of sp³-hybridized carbons (Fsp3) is 0.538. The van der Waals surface area contributed by atoms with Crippen LogP contribution in [0.1, 0.15) is 25.0 Å². The number of fused-ring (bicyclic) bond motifs is 1. The molecule has 0 saturated heterocycles. The lowest BCUT2D eigenvalue weighted by atomic mass is 9.95. The number of phenolic OH excluding ortho intramolecular Hbond substituents is 1. The number of hydrogen-bond acceptors (Lipinski definition) is 3. The molecule has 1 atom stereocenters. The molecule has 0 aliphatic carbocycles. The maximum absolute atomic E-state index is 9.46. The third-order valence-electron chi connectivity index (χ3n) is 3.01. The van der Waals surface area contributed by atoms with Gasteiger partial charge in [0.15, 0.2) is 0 Å². The van der Waals surface area contributed by atoms with E-state index >= 15 is 0 Å². The molecule has 3 nitrogen and oxygen atoms in total. The maximum Gasteiger partial charge on any atom is 0.115 e. The molecule has 1 aliphatic heterocycles. The minimum atomic E-state index is 0.371. The monoisotopic (exact) mass is 220 g/mol. The lowest BCUT2D eigenvalue weighted by Crippen LogP contribution is -2.44. The topological polar surface area (TPSA) is 44.3 Å². The van der Waals surface area contributed by atoms with Gasteiger partial charge in [-0.15, -0.1) is 0 Å². The average molecular weight is 220 g/mol. The Balaban J connectivity index is 1.99. The highest BCUT2D eigenvalue weighted by atomic mass is 16.3. The van der Waals surface area contributed by atoms with Crippen LogP contribution in [0.3, 0.4) is 0 Å². The summed E-state index contributed by atoms with van der Waals surface area (Å²) < 4.78 is 0. The molecule has 0 aromatic heterocycles. The van der Waals surface area contributed by atoms with Gasteiger partial charge in [-0.25, -0.2) is 0 Å². The Morgan fingerprint density at radius 2 is 2.25 bits per heavy atom. The van der Waals surface area contributed by atoms with Crippen LogP contribution in [0.4, 0.5) is 0 Å². The zero-order valence-corrected chi connectivity index (χ0v) is 9.96. The van der Waals surface area contributed by atoms with E-state index in [0.29, 0.717) is 17.8 Å². The molecule has 2 rings (SSSR count). The largest absolute Gasteiger partial charge is 0.508 e. The number of aromatic hydroxyl groups is 1. The SMILES string of the molecule is CC(C)NCC1Cc2cc(O)ccc2CN1. The zero-order chi connectivity index (χ0) is 11.5. The van der Waals surface area contributed by atoms with E-state index in [0.717, 1.165) is 19.5 Å². The Morgan fingerprint density at radius 1 is 1.44 bits per heavy atom. The summed E-state index contributed by atoms with van der Waals surface area (Å²) in [6, 6.07) is 6.64. The minimum absolute atomic E-state index is 0.371. The van der Waals surface area contributed by atoms with Crippen molar-refractivity contribution in [2.45, 2.75) is 38.9 Å². The van der Waals surface area contributed by atoms with Crippen LogP contribution >= 0.6 is 0 Å². The van der Waals surface area contributed by atoms with E-state index in [1.54, 1.807) is 6.07 Å². The van der Waals surface area contributed by atoms with E-state index in [4.69, 9.17) is 0 Å². The van der Waals surface area contributed by atoms with Gasteiger partial charge in [0.05, 0.1) is 0 Å². The Kier molecular flexibility index (Phi) is 3.46. The van der Waals surface area contributed by atoms with Crippen molar-refractivity contribution in [2.24, 2.45) is 0 Å². The van der Waals surface area contributed by atoms with Gasteiger partial charge in [0.2, 0.25) is 0 Å². The molecule has 3 N–H and O–H groups in total. The first kappa shape index (κ1) is 11.4. The van der Waals surface area contributed by atoms with E-state index in [2.05, 4.69) is 24.5 Å². The van der Waals surface area contributed by atoms with Gasteiger partial charge < -0.3 is 15.7 Å². The molecule has 3 heteroatoms. The lowest BCUT2D eigenvalue weighted by Gasteiger charge is -2.27. The Hall–Kier alpha value is -1.06. The van der Waals surface area contributed by atoms with Crippen molar-refractivity contribution in [3.8, 4) is 5.75 Å². The second kappa shape index (κ2) is 4.85. The Labute approximate surface area is 96.9 Å². The number of rotatable bonds is 3. The molecule has 1 aliphatic rings. The molecule has 1 heterocycles. The second-order valence-corrected chi connectivity index (χ2v) is 4.80. The summed E-state index contributed by atoms with van der Waals surface area (Å²) in [5.74, 6) is 0.371. The molecule has 0 fully saturated rings. The number of hydrogen-bond donors (Lipinski definition) is 3. The fourth-order valence-electron chi connectivity index (χ4n) is 2.09. The van der Waals surface area contributed by atoms with Crippen molar-refractivity contribution < 1.29 is 5.11 Å².